The molecule has 2 aromatic rings. The van der Waals surface area contributed by atoms with Crippen molar-refractivity contribution in [2.45, 2.75) is 22.0 Å². The summed E-state index contributed by atoms with van der Waals surface area (Å²) in [4.78, 5) is 12.5. The standard InChI is InChI=1S/C15H14F2N2O3S2/c1-9(23-11-4-7-13(16)14(17)8-11)15(20)19-10-2-5-12(6-3-10)24(18,21)22/h2-9H,1H3,(H,19,20)(H2,18,21,22)/t9-/m1/s1. The van der Waals surface area contributed by atoms with E-state index in [4.69, 9.17) is 5.14 Å². The van der Waals surface area contributed by atoms with Crippen LogP contribution in [0, 0.1) is 11.6 Å². The smallest absolute Gasteiger partial charge is 0.238 e. The van der Waals surface area contributed by atoms with E-state index in [1.807, 2.05) is 0 Å². The molecular weight excluding hydrogens is 358 g/mol. The highest BCUT2D eigenvalue weighted by molar-refractivity contribution is 8.00. The van der Waals surface area contributed by atoms with Gasteiger partial charge in [-0.25, -0.2) is 22.3 Å². The van der Waals surface area contributed by atoms with Crippen LogP contribution in [0.5, 0.6) is 0 Å². The summed E-state index contributed by atoms with van der Waals surface area (Å²) >= 11 is 1.07. The monoisotopic (exact) mass is 372 g/mol. The Kier molecular flexibility index (Phi) is 5.58. The van der Waals surface area contributed by atoms with E-state index in [0.29, 0.717) is 10.6 Å². The molecule has 0 saturated heterocycles. The van der Waals surface area contributed by atoms with E-state index in [9.17, 15) is 22.0 Å². The molecule has 0 unspecified atom stereocenters. The number of carbonyl (C=O) groups excluding carboxylic acids is 1. The molecule has 128 valence electrons. The summed E-state index contributed by atoms with van der Waals surface area (Å²) in [5.74, 6) is -2.30. The maximum atomic E-state index is 13.2. The predicted molar refractivity (Wildman–Crippen MR) is 88.1 cm³/mol. The molecule has 0 aromatic heterocycles. The van der Waals surface area contributed by atoms with E-state index in [1.54, 1.807) is 6.92 Å². The minimum Gasteiger partial charge on any atom is -0.325 e. The van der Waals surface area contributed by atoms with Gasteiger partial charge in [-0.15, -0.1) is 11.8 Å². The van der Waals surface area contributed by atoms with Crippen molar-refractivity contribution in [3.63, 3.8) is 0 Å². The van der Waals surface area contributed by atoms with E-state index in [2.05, 4.69) is 5.32 Å². The Hall–Kier alpha value is -1.97. The molecule has 3 N–H and O–H groups in total. The van der Waals surface area contributed by atoms with Crippen LogP contribution in [0.4, 0.5) is 14.5 Å². The topological polar surface area (TPSA) is 89.3 Å². The van der Waals surface area contributed by atoms with Gasteiger partial charge in [-0.3, -0.25) is 4.79 Å². The zero-order chi connectivity index (χ0) is 17.9. The maximum Gasteiger partial charge on any atom is 0.238 e. The number of hydrogen-bond donors (Lipinski definition) is 2. The molecule has 2 aromatic carbocycles. The molecule has 1 amide bonds. The van der Waals surface area contributed by atoms with Crippen LogP contribution < -0.4 is 10.5 Å². The third-order valence-electron chi connectivity index (χ3n) is 3.02. The van der Waals surface area contributed by atoms with Crippen molar-refractivity contribution in [1.29, 1.82) is 0 Å². The first kappa shape index (κ1) is 18.4. The number of benzene rings is 2. The Bertz CT molecular complexity index is 856. The van der Waals surface area contributed by atoms with Crippen molar-refractivity contribution in [2.75, 3.05) is 5.32 Å². The first-order valence-electron chi connectivity index (χ1n) is 6.72. The molecule has 24 heavy (non-hydrogen) atoms. The summed E-state index contributed by atoms with van der Waals surface area (Å²) in [6.07, 6.45) is 0. The van der Waals surface area contributed by atoms with Gasteiger partial charge in [0.05, 0.1) is 10.1 Å². The van der Waals surface area contributed by atoms with Crippen molar-refractivity contribution >= 4 is 33.4 Å². The van der Waals surface area contributed by atoms with E-state index < -0.39 is 26.9 Å². The average molecular weight is 372 g/mol. The van der Waals surface area contributed by atoms with Crippen LogP contribution in [-0.4, -0.2) is 19.6 Å². The predicted octanol–water partition coefficient (Wildman–Crippen LogP) is 2.73. The van der Waals surface area contributed by atoms with E-state index >= 15 is 0 Å². The van der Waals surface area contributed by atoms with Gasteiger partial charge in [0, 0.05) is 10.6 Å². The lowest BCUT2D eigenvalue weighted by atomic mass is 10.3. The molecule has 0 saturated carbocycles. The minimum absolute atomic E-state index is 0.0651. The number of nitrogens with two attached hydrogens (primary N) is 1. The number of anilines is 1. The highest BCUT2D eigenvalue weighted by Crippen LogP contribution is 2.25. The van der Waals surface area contributed by atoms with Gasteiger partial charge >= 0.3 is 0 Å². The molecule has 0 radical (unpaired) electrons. The number of hydrogen-bond acceptors (Lipinski definition) is 4. The quantitative estimate of drug-likeness (QED) is 0.790. The first-order valence-corrected chi connectivity index (χ1v) is 9.15. The Labute approximate surface area is 142 Å². The number of nitrogens with one attached hydrogen (secondary N) is 1. The Morgan fingerprint density at radius 3 is 2.29 bits per heavy atom. The molecule has 2 rings (SSSR count). The lowest BCUT2D eigenvalue weighted by Crippen LogP contribution is -2.22. The molecule has 0 aliphatic carbocycles. The molecule has 0 bridgehead atoms. The largest absolute Gasteiger partial charge is 0.325 e. The Morgan fingerprint density at radius 2 is 1.75 bits per heavy atom. The molecular formula is C15H14F2N2O3S2. The van der Waals surface area contributed by atoms with E-state index in [1.165, 1.54) is 30.3 Å². The second-order valence-corrected chi connectivity index (χ2v) is 7.87. The number of rotatable bonds is 5. The van der Waals surface area contributed by atoms with Gasteiger partial charge in [-0.1, -0.05) is 0 Å². The SMILES string of the molecule is C[C@@H](Sc1ccc(F)c(F)c1)C(=O)Nc1ccc(S(N)(=O)=O)cc1. The highest BCUT2D eigenvalue weighted by atomic mass is 32.2. The van der Waals surface area contributed by atoms with E-state index in [0.717, 1.165) is 23.9 Å². The van der Waals surface area contributed by atoms with Crippen LogP contribution in [-0.2, 0) is 14.8 Å². The Balaban J connectivity index is 2.02. The van der Waals surface area contributed by atoms with Crippen molar-refractivity contribution in [3.8, 4) is 0 Å². The molecule has 0 spiro atoms. The van der Waals surface area contributed by atoms with Crippen LogP contribution in [0.25, 0.3) is 0 Å². The number of amides is 1. The second kappa shape index (κ2) is 7.29. The fourth-order valence-corrected chi connectivity index (χ4v) is 3.19. The summed E-state index contributed by atoms with van der Waals surface area (Å²) in [5.41, 5.74) is 0.394. The van der Waals surface area contributed by atoms with Crippen molar-refractivity contribution in [2.24, 2.45) is 5.14 Å². The molecule has 0 aliphatic heterocycles. The average Bonchev–Trinajstić information content (AvgIpc) is 2.50. The number of halogens is 2. The third kappa shape index (κ3) is 4.76. The summed E-state index contributed by atoms with van der Waals surface area (Å²) < 4.78 is 48.4. The van der Waals surface area contributed by atoms with Crippen LogP contribution in [0.15, 0.2) is 52.3 Å². The van der Waals surface area contributed by atoms with E-state index in [-0.39, 0.29) is 10.8 Å². The van der Waals surface area contributed by atoms with Gasteiger partial charge in [0.25, 0.3) is 0 Å². The van der Waals surface area contributed by atoms with Gasteiger partial charge in [-0.05, 0) is 49.4 Å². The normalized spacial score (nSPS) is 12.7. The number of primary sulfonamides is 1. The second-order valence-electron chi connectivity index (χ2n) is 4.89. The number of carbonyl (C=O) groups is 1. The third-order valence-corrected chi connectivity index (χ3v) is 5.05. The molecule has 0 heterocycles. The van der Waals surface area contributed by atoms with Crippen LogP contribution >= 0.6 is 11.8 Å². The molecule has 5 nitrogen and oxygen atoms in total. The molecule has 0 fully saturated rings. The molecule has 9 heteroatoms. The summed E-state index contributed by atoms with van der Waals surface area (Å²) in [6.45, 7) is 1.61. The summed E-state index contributed by atoms with van der Waals surface area (Å²) in [5, 5.41) is 7.02. The zero-order valence-corrected chi connectivity index (χ0v) is 14.1. The number of sulfonamides is 1. The van der Waals surface area contributed by atoms with Crippen LogP contribution in [0.3, 0.4) is 0 Å². The first-order chi connectivity index (χ1) is 11.2. The Morgan fingerprint density at radius 1 is 1.12 bits per heavy atom. The lowest BCUT2D eigenvalue weighted by Gasteiger charge is -2.12. The zero-order valence-electron chi connectivity index (χ0n) is 12.5. The maximum absolute atomic E-state index is 13.2. The lowest BCUT2D eigenvalue weighted by molar-refractivity contribution is -0.115. The van der Waals surface area contributed by atoms with Crippen molar-refractivity contribution in [1.82, 2.24) is 0 Å². The summed E-state index contributed by atoms with van der Waals surface area (Å²) in [7, 11) is -3.80. The van der Waals surface area contributed by atoms with Crippen LogP contribution in [0.2, 0.25) is 0 Å². The van der Waals surface area contributed by atoms with Gasteiger partial charge in [0.1, 0.15) is 0 Å². The number of thioether (sulfide) groups is 1. The summed E-state index contributed by atoms with van der Waals surface area (Å²) in [6, 6.07) is 8.77. The fourth-order valence-electron chi connectivity index (χ4n) is 1.78. The van der Waals surface area contributed by atoms with Gasteiger partial charge in [-0.2, -0.15) is 0 Å². The highest BCUT2D eigenvalue weighted by Gasteiger charge is 2.16. The van der Waals surface area contributed by atoms with Crippen molar-refractivity contribution in [3.05, 3.63) is 54.1 Å². The van der Waals surface area contributed by atoms with Gasteiger partial charge in [0.15, 0.2) is 11.6 Å². The van der Waals surface area contributed by atoms with Gasteiger partial charge < -0.3 is 5.32 Å². The van der Waals surface area contributed by atoms with Gasteiger partial charge in [0.2, 0.25) is 15.9 Å². The van der Waals surface area contributed by atoms with Crippen molar-refractivity contribution < 1.29 is 22.0 Å². The molecule has 0 aliphatic rings. The minimum atomic E-state index is -3.80. The fraction of sp³-hybridized carbons (Fsp3) is 0.133. The molecule has 1 atom stereocenters. The van der Waals surface area contributed by atoms with Crippen LogP contribution in [0.1, 0.15) is 6.92 Å².